The molecule has 3 atom stereocenters. The van der Waals surface area contributed by atoms with Gasteiger partial charge in [-0.25, -0.2) is 0 Å². The van der Waals surface area contributed by atoms with Crippen LogP contribution in [0.1, 0.15) is 46.5 Å². The Morgan fingerprint density at radius 3 is 2.84 bits per heavy atom. The number of amides is 1. The summed E-state index contributed by atoms with van der Waals surface area (Å²) in [5.41, 5.74) is 0. The molecule has 0 bridgehead atoms. The lowest BCUT2D eigenvalue weighted by Gasteiger charge is -2.34. The van der Waals surface area contributed by atoms with Crippen molar-refractivity contribution in [1.29, 1.82) is 0 Å². The Bertz CT molecular complexity index is 271. The molecule has 1 aliphatic heterocycles. The average molecular weight is 270 g/mol. The summed E-state index contributed by atoms with van der Waals surface area (Å²) in [6.45, 7) is 8.84. The molecule has 0 aliphatic carbocycles. The summed E-state index contributed by atoms with van der Waals surface area (Å²) >= 11 is 0. The summed E-state index contributed by atoms with van der Waals surface area (Å²) in [4.78, 5) is 14.5. The smallest absolute Gasteiger partial charge is 0.224 e. The fourth-order valence-corrected chi connectivity index (χ4v) is 2.69. The standard InChI is InChI=1S/C15H30N2O2/c1-5-13(3)17(9-10-19-4)15(18)11-14-12(2)7-6-8-16-14/h12-14,16H,5-11H2,1-4H3. The van der Waals surface area contributed by atoms with E-state index < -0.39 is 0 Å². The first-order valence-corrected chi connectivity index (χ1v) is 7.61. The van der Waals surface area contributed by atoms with Gasteiger partial charge in [-0.15, -0.1) is 0 Å². The van der Waals surface area contributed by atoms with Crippen molar-refractivity contribution in [3.63, 3.8) is 0 Å². The lowest BCUT2D eigenvalue weighted by molar-refractivity contribution is -0.135. The van der Waals surface area contributed by atoms with Crippen LogP contribution in [0.2, 0.25) is 0 Å². The fraction of sp³-hybridized carbons (Fsp3) is 0.933. The number of methoxy groups -OCH3 is 1. The van der Waals surface area contributed by atoms with Gasteiger partial charge in [-0.3, -0.25) is 4.79 Å². The Hall–Kier alpha value is -0.610. The number of rotatable bonds is 7. The van der Waals surface area contributed by atoms with E-state index in [4.69, 9.17) is 4.74 Å². The minimum Gasteiger partial charge on any atom is -0.383 e. The molecule has 4 heteroatoms. The molecule has 1 heterocycles. The molecule has 1 saturated heterocycles. The summed E-state index contributed by atoms with van der Waals surface area (Å²) in [7, 11) is 1.68. The number of ether oxygens (including phenoxy) is 1. The van der Waals surface area contributed by atoms with Crippen molar-refractivity contribution >= 4 is 5.91 Å². The Morgan fingerprint density at radius 1 is 1.53 bits per heavy atom. The molecule has 19 heavy (non-hydrogen) atoms. The summed E-state index contributed by atoms with van der Waals surface area (Å²) in [5, 5.41) is 3.49. The van der Waals surface area contributed by atoms with E-state index in [1.807, 2.05) is 4.90 Å². The molecule has 1 fully saturated rings. The molecule has 0 aromatic carbocycles. The van der Waals surface area contributed by atoms with Crippen molar-refractivity contribution < 1.29 is 9.53 Å². The largest absolute Gasteiger partial charge is 0.383 e. The monoisotopic (exact) mass is 270 g/mol. The van der Waals surface area contributed by atoms with Crippen LogP contribution in [0.15, 0.2) is 0 Å². The molecular formula is C15H30N2O2. The molecule has 4 nitrogen and oxygen atoms in total. The third kappa shape index (κ3) is 5.11. The molecule has 1 amide bonds. The summed E-state index contributed by atoms with van der Waals surface area (Å²) in [6, 6.07) is 0.636. The number of piperidine rings is 1. The number of hydrogen-bond acceptors (Lipinski definition) is 3. The maximum atomic E-state index is 12.5. The van der Waals surface area contributed by atoms with Gasteiger partial charge in [0.05, 0.1) is 6.61 Å². The normalized spacial score (nSPS) is 25.1. The Kier molecular flexibility index (Phi) is 7.39. The Balaban J connectivity index is 2.54. The van der Waals surface area contributed by atoms with Gasteiger partial charge < -0.3 is 15.0 Å². The molecular weight excluding hydrogens is 240 g/mol. The molecule has 0 aromatic heterocycles. The SMILES string of the molecule is CCC(C)N(CCOC)C(=O)CC1NCCCC1C. The number of nitrogens with zero attached hydrogens (tertiary/aromatic N) is 1. The van der Waals surface area contributed by atoms with E-state index in [2.05, 4.69) is 26.1 Å². The molecule has 3 unspecified atom stereocenters. The van der Waals surface area contributed by atoms with Crippen LogP contribution in [0.4, 0.5) is 0 Å². The molecule has 112 valence electrons. The van der Waals surface area contributed by atoms with Crippen molar-refractivity contribution in [2.24, 2.45) is 5.92 Å². The lowest BCUT2D eigenvalue weighted by atomic mass is 9.90. The highest BCUT2D eigenvalue weighted by atomic mass is 16.5. The van der Waals surface area contributed by atoms with Gasteiger partial charge in [-0.05, 0) is 38.6 Å². The zero-order chi connectivity index (χ0) is 14.3. The lowest BCUT2D eigenvalue weighted by Crippen LogP contribution is -2.47. The van der Waals surface area contributed by atoms with Crippen molar-refractivity contribution in [2.45, 2.75) is 58.5 Å². The van der Waals surface area contributed by atoms with Crippen molar-refractivity contribution in [2.75, 3.05) is 26.8 Å². The van der Waals surface area contributed by atoms with Gasteiger partial charge in [0.15, 0.2) is 0 Å². The number of nitrogens with one attached hydrogen (secondary N) is 1. The second-order valence-electron chi connectivity index (χ2n) is 5.72. The highest BCUT2D eigenvalue weighted by Gasteiger charge is 2.26. The van der Waals surface area contributed by atoms with Crippen LogP contribution >= 0.6 is 0 Å². The van der Waals surface area contributed by atoms with E-state index in [0.717, 1.165) is 13.0 Å². The van der Waals surface area contributed by atoms with Gasteiger partial charge in [0, 0.05) is 32.2 Å². The highest BCUT2D eigenvalue weighted by Crippen LogP contribution is 2.19. The van der Waals surface area contributed by atoms with E-state index >= 15 is 0 Å². The van der Waals surface area contributed by atoms with Gasteiger partial charge in [-0.2, -0.15) is 0 Å². The van der Waals surface area contributed by atoms with Gasteiger partial charge in [0.25, 0.3) is 0 Å². The first-order chi connectivity index (χ1) is 9.10. The minimum atomic E-state index is 0.262. The molecule has 0 aromatic rings. The van der Waals surface area contributed by atoms with Gasteiger partial charge >= 0.3 is 0 Å². The van der Waals surface area contributed by atoms with Gasteiger partial charge in [0.2, 0.25) is 5.91 Å². The third-order valence-corrected chi connectivity index (χ3v) is 4.30. The topological polar surface area (TPSA) is 41.6 Å². The van der Waals surface area contributed by atoms with E-state index in [1.54, 1.807) is 7.11 Å². The Labute approximate surface area is 117 Å². The van der Waals surface area contributed by atoms with Crippen LogP contribution in [0.25, 0.3) is 0 Å². The molecule has 0 radical (unpaired) electrons. The maximum Gasteiger partial charge on any atom is 0.224 e. The van der Waals surface area contributed by atoms with Crippen molar-refractivity contribution in [1.82, 2.24) is 10.2 Å². The minimum absolute atomic E-state index is 0.262. The average Bonchev–Trinajstić information content (AvgIpc) is 2.41. The van der Waals surface area contributed by atoms with Crippen LogP contribution in [0.3, 0.4) is 0 Å². The van der Waals surface area contributed by atoms with Gasteiger partial charge in [0.1, 0.15) is 0 Å². The molecule has 1 N–H and O–H groups in total. The van der Waals surface area contributed by atoms with Crippen LogP contribution in [-0.4, -0.2) is 49.7 Å². The first-order valence-electron chi connectivity index (χ1n) is 7.61. The van der Waals surface area contributed by atoms with E-state index in [1.165, 1.54) is 12.8 Å². The van der Waals surface area contributed by atoms with Crippen molar-refractivity contribution in [3.8, 4) is 0 Å². The summed E-state index contributed by atoms with van der Waals surface area (Å²) < 4.78 is 5.12. The van der Waals surface area contributed by atoms with Crippen molar-refractivity contribution in [3.05, 3.63) is 0 Å². The van der Waals surface area contributed by atoms with E-state index in [0.29, 0.717) is 37.6 Å². The third-order valence-electron chi connectivity index (χ3n) is 4.30. The van der Waals surface area contributed by atoms with Crippen LogP contribution < -0.4 is 5.32 Å². The molecule has 0 saturated carbocycles. The maximum absolute atomic E-state index is 12.5. The molecule has 0 spiro atoms. The Morgan fingerprint density at radius 2 is 2.26 bits per heavy atom. The number of hydrogen-bond donors (Lipinski definition) is 1. The second-order valence-corrected chi connectivity index (χ2v) is 5.72. The second kappa shape index (κ2) is 8.54. The number of carbonyl (C=O) groups excluding carboxylic acids is 1. The predicted molar refractivity (Wildman–Crippen MR) is 78.1 cm³/mol. The summed E-state index contributed by atoms with van der Waals surface area (Å²) in [6.07, 6.45) is 4.06. The van der Waals surface area contributed by atoms with Crippen LogP contribution in [0, 0.1) is 5.92 Å². The zero-order valence-electron chi connectivity index (χ0n) is 12.9. The molecule has 1 aliphatic rings. The molecule has 1 rings (SSSR count). The number of carbonyl (C=O) groups is 1. The zero-order valence-corrected chi connectivity index (χ0v) is 12.9. The quantitative estimate of drug-likeness (QED) is 0.770. The highest BCUT2D eigenvalue weighted by molar-refractivity contribution is 5.77. The first kappa shape index (κ1) is 16.4. The van der Waals surface area contributed by atoms with Crippen LogP contribution in [-0.2, 0) is 9.53 Å². The van der Waals surface area contributed by atoms with E-state index in [-0.39, 0.29) is 5.91 Å². The van der Waals surface area contributed by atoms with Crippen LogP contribution in [0.5, 0.6) is 0 Å². The fourth-order valence-electron chi connectivity index (χ4n) is 2.69. The predicted octanol–water partition coefficient (Wildman–Crippen LogP) is 2.04. The van der Waals surface area contributed by atoms with E-state index in [9.17, 15) is 4.79 Å². The van der Waals surface area contributed by atoms with Gasteiger partial charge in [-0.1, -0.05) is 13.8 Å². The summed E-state index contributed by atoms with van der Waals surface area (Å²) in [5.74, 6) is 0.858.